The van der Waals surface area contributed by atoms with Gasteiger partial charge in [-0.05, 0) is 34.6 Å². The summed E-state index contributed by atoms with van der Waals surface area (Å²) in [6.45, 7) is 11.7. The van der Waals surface area contributed by atoms with Crippen molar-refractivity contribution in [2.45, 2.75) is 60.2 Å². The molecule has 0 atom stereocenters. The lowest BCUT2D eigenvalue weighted by Crippen LogP contribution is -2.35. The predicted molar refractivity (Wildman–Crippen MR) is 69.5 cm³/mol. The first-order valence-corrected chi connectivity index (χ1v) is 5.87. The first-order chi connectivity index (χ1) is 8.04. The molecular weight excluding hydrogens is 241 g/mol. The number of nitrogens with one attached hydrogen (secondary N) is 1. The zero-order valence-electron chi connectivity index (χ0n) is 12.3. The summed E-state index contributed by atoms with van der Waals surface area (Å²) in [6.07, 6.45) is -1.38. The van der Waals surface area contributed by atoms with Crippen LogP contribution in [0.15, 0.2) is 0 Å². The summed E-state index contributed by atoms with van der Waals surface area (Å²) in [5, 5.41) is 10.3. The van der Waals surface area contributed by atoms with E-state index < -0.39 is 30.4 Å². The summed E-state index contributed by atoms with van der Waals surface area (Å²) in [7, 11) is 0. The van der Waals surface area contributed by atoms with E-state index in [1.165, 1.54) is 13.8 Å². The van der Waals surface area contributed by atoms with Crippen LogP contribution in [-0.4, -0.2) is 35.5 Å². The predicted octanol–water partition coefficient (Wildman–Crippen LogP) is 2.99. The normalized spacial score (nSPS) is 9.39. The van der Waals surface area contributed by atoms with Crippen molar-refractivity contribution in [1.29, 1.82) is 0 Å². The number of hydrogen-bond donors (Lipinski definition) is 2. The van der Waals surface area contributed by atoms with Crippen LogP contribution in [0, 0.1) is 0 Å². The van der Waals surface area contributed by atoms with Crippen molar-refractivity contribution in [2.24, 2.45) is 0 Å². The van der Waals surface area contributed by atoms with Gasteiger partial charge < -0.3 is 15.2 Å². The Morgan fingerprint density at radius 1 is 1.28 bits per heavy atom. The Labute approximate surface area is 109 Å². The van der Waals surface area contributed by atoms with Gasteiger partial charge in [0.1, 0.15) is 12.1 Å². The summed E-state index contributed by atoms with van der Waals surface area (Å²) in [4.78, 5) is 20.8. The molecule has 0 aromatic rings. The molecule has 0 heterocycles. The minimum atomic E-state index is -1.10. The van der Waals surface area contributed by atoms with E-state index in [9.17, 15) is 14.0 Å². The minimum Gasteiger partial charge on any atom is -0.480 e. The van der Waals surface area contributed by atoms with Crippen molar-refractivity contribution < 1.29 is 23.8 Å². The maximum absolute atomic E-state index is 11.0. The van der Waals surface area contributed by atoms with E-state index in [0.717, 1.165) is 0 Å². The van der Waals surface area contributed by atoms with Crippen LogP contribution in [0.25, 0.3) is 0 Å². The van der Waals surface area contributed by atoms with Gasteiger partial charge in [0.25, 0.3) is 0 Å². The van der Waals surface area contributed by atoms with Crippen LogP contribution in [0.3, 0.4) is 0 Å². The number of carboxylic acids is 1. The van der Waals surface area contributed by atoms with Crippen LogP contribution in [-0.2, 0) is 9.53 Å². The van der Waals surface area contributed by atoms with Gasteiger partial charge in [0.2, 0.25) is 0 Å². The highest BCUT2D eigenvalue weighted by Gasteiger charge is 2.15. The molecule has 0 spiro atoms. The third kappa shape index (κ3) is 36.5. The first kappa shape index (κ1) is 21.9. The molecular formula is C12H26FNO4. The number of carbonyl (C=O) groups excluding carboxylic acids is 1. The number of ether oxygens (including phenoxy) is 1. The number of rotatable bonds is 2. The van der Waals surface area contributed by atoms with Crippen molar-refractivity contribution in [2.75, 3.05) is 6.54 Å². The fourth-order valence-electron chi connectivity index (χ4n) is 0.462. The molecule has 110 valence electrons. The molecule has 1 amide bonds. The van der Waals surface area contributed by atoms with Gasteiger partial charge >= 0.3 is 12.1 Å². The molecule has 2 N–H and O–H groups in total. The second-order valence-electron chi connectivity index (χ2n) is 4.26. The third-order valence-corrected chi connectivity index (χ3v) is 0.783. The van der Waals surface area contributed by atoms with Crippen molar-refractivity contribution >= 4 is 12.1 Å². The minimum absolute atomic E-state index is 0.422. The topological polar surface area (TPSA) is 75.6 Å². The van der Waals surface area contributed by atoms with Crippen molar-refractivity contribution in [3.63, 3.8) is 0 Å². The van der Waals surface area contributed by atoms with Gasteiger partial charge in [-0.25, -0.2) is 9.18 Å². The van der Waals surface area contributed by atoms with E-state index >= 15 is 0 Å². The molecule has 0 aliphatic carbocycles. The number of carbonyl (C=O) groups is 2. The van der Waals surface area contributed by atoms with Crippen LogP contribution in [0.5, 0.6) is 0 Å². The molecule has 0 radical (unpaired) electrons. The molecule has 6 heteroatoms. The molecule has 0 saturated heterocycles. The molecule has 0 saturated carbocycles. The Hall–Kier alpha value is -1.33. The number of amides is 1. The van der Waals surface area contributed by atoms with Gasteiger partial charge in [-0.3, -0.25) is 4.79 Å². The molecule has 5 nitrogen and oxygen atoms in total. The SMILES string of the molecule is CC.CC(C)(C)OC(=O)NCC(=O)O.CC(C)F. The number of alkyl halides is 1. The van der Waals surface area contributed by atoms with E-state index in [2.05, 4.69) is 5.32 Å². The summed E-state index contributed by atoms with van der Waals surface area (Å²) >= 11 is 0. The van der Waals surface area contributed by atoms with Gasteiger partial charge in [-0.2, -0.15) is 0 Å². The maximum Gasteiger partial charge on any atom is 0.408 e. The molecule has 0 unspecified atom stereocenters. The highest BCUT2D eigenvalue weighted by atomic mass is 19.1. The quantitative estimate of drug-likeness (QED) is 0.806. The average Bonchev–Trinajstić information content (AvgIpc) is 2.14. The van der Waals surface area contributed by atoms with Gasteiger partial charge in [0.05, 0.1) is 6.17 Å². The van der Waals surface area contributed by atoms with E-state index in [-0.39, 0.29) is 0 Å². The molecule has 0 rings (SSSR count). The van der Waals surface area contributed by atoms with Crippen LogP contribution >= 0.6 is 0 Å². The van der Waals surface area contributed by atoms with Crippen LogP contribution in [0.4, 0.5) is 9.18 Å². The van der Waals surface area contributed by atoms with Crippen molar-refractivity contribution in [3.05, 3.63) is 0 Å². The molecule has 0 aromatic heterocycles. The van der Waals surface area contributed by atoms with Crippen LogP contribution in [0.1, 0.15) is 48.5 Å². The number of carboxylic acid groups (broad SMARTS) is 1. The number of hydrogen-bond acceptors (Lipinski definition) is 3. The fourth-order valence-corrected chi connectivity index (χ4v) is 0.462. The van der Waals surface area contributed by atoms with E-state index in [1.54, 1.807) is 20.8 Å². The Bertz CT molecular complexity index is 222. The van der Waals surface area contributed by atoms with Crippen molar-refractivity contribution in [3.8, 4) is 0 Å². The average molecular weight is 267 g/mol. The van der Waals surface area contributed by atoms with Gasteiger partial charge in [-0.15, -0.1) is 0 Å². The van der Waals surface area contributed by atoms with E-state index in [4.69, 9.17) is 9.84 Å². The van der Waals surface area contributed by atoms with E-state index in [0.29, 0.717) is 0 Å². The number of aliphatic carboxylic acids is 1. The van der Waals surface area contributed by atoms with Gasteiger partial charge in [0.15, 0.2) is 0 Å². The molecule has 0 aromatic carbocycles. The first-order valence-electron chi connectivity index (χ1n) is 5.87. The van der Waals surface area contributed by atoms with Gasteiger partial charge in [0, 0.05) is 0 Å². The molecule has 0 fully saturated rings. The second kappa shape index (κ2) is 12.1. The number of halogens is 1. The fraction of sp³-hybridized carbons (Fsp3) is 0.833. The Kier molecular flexibility index (Phi) is 14.8. The van der Waals surface area contributed by atoms with Gasteiger partial charge in [-0.1, -0.05) is 13.8 Å². The highest BCUT2D eigenvalue weighted by Crippen LogP contribution is 2.05. The summed E-state index contributed by atoms with van der Waals surface area (Å²) in [5.41, 5.74) is -0.595. The summed E-state index contributed by atoms with van der Waals surface area (Å²) < 4.78 is 15.8. The maximum atomic E-state index is 11.0. The molecule has 0 aliphatic heterocycles. The third-order valence-electron chi connectivity index (χ3n) is 0.783. The molecule has 0 bridgehead atoms. The molecule has 18 heavy (non-hydrogen) atoms. The Balaban J connectivity index is -0.000000317. The zero-order valence-corrected chi connectivity index (χ0v) is 12.3. The zero-order chi connectivity index (χ0) is 15.4. The smallest absolute Gasteiger partial charge is 0.408 e. The van der Waals surface area contributed by atoms with Crippen LogP contribution < -0.4 is 5.32 Å². The Morgan fingerprint density at radius 3 is 1.83 bits per heavy atom. The highest BCUT2D eigenvalue weighted by molar-refractivity contribution is 5.76. The van der Waals surface area contributed by atoms with E-state index in [1.807, 2.05) is 13.8 Å². The number of alkyl carbamates (subject to hydrolysis) is 1. The monoisotopic (exact) mass is 267 g/mol. The summed E-state index contributed by atoms with van der Waals surface area (Å²) in [5.74, 6) is -1.10. The largest absolute Gasteiger partial charge is 0.480 e. The lowest BCUT2D eigenvalue weighted by molar-refractivity contribution is -0.136. The summed E-state index contributed by atoms with van der Waals surface area (Å²) in [6, 6.07) is 0. The standard InChI is InChI=1S/C7H13NO4.C3H7F.C2H6/c1-7(2,3)12-6(11)8-4-5(9)10;1-3(2)4;1-2/h4H2,1-3H3,(H,8,11)(H,9,10);3H,1-2H3;1-2H3. The lowest BCUT2D eigenvalue weighted by Gasteiger charge is -2.19. The Morgan fingerprint density at radius 2 is 1.61 bits per heavy atom. The molecule has 0 aliphatic rings. The second-order valence-corrected chi connectivity index (χ2v) is 4.26. The van der Waals surface area contributed by atoms with Crippen molar-refractivity contribution in [1.82, 2.24) is 5.32 Å². The lowest BCUT2D eigenvalue weighted by atomic mass is 10.2. The van der Waals surface area contributed by atoms with Crippen LogP contribution in [0.2, 0.25) is 0 Å².